The van der Waals surface area contributed by atoms with Crippen LogP contribution in [0, 0.1) is 0 Å². The second kappa shape index (κ2) is 9.00. The van der Waals surface area contributed by atoms with Gasteiger partial charge in [-0.05, 0) is 68.1 Å². The fraction of sp³-hybridized carbons (Fsp3) is 0.375. The fourth-order valence-corrected chi connectivity index (χ4v) is 4.29. The lowest BCUT2D eigenvalue weighted by Crippen LogP contribution is -2.42. The molecule has 1 unspecified atom stereocenters. The van der Waals surface area contributed by atoms with E-state index in [9.17, 15) is 27.6 Å². The number of rotatable bonds is 5. The maximum atomic E-state index is 13.1. The van der Waals surface area contributed by atoms with Crippen LogP contribution in [0.15, 0.2) is 48.5 Å². The number of piperidine rings is 1. The summed E-state index contributed by atoms with van der Waals surface area (Å²) >= 11 is 0. The van der Waals surface area contributed by atoms with Crippen LogP contribution in [0.3, 0.4) is 0 Å². The molecule has 2 aromatic carbocycles. The van der Waals surface area contributed by atoms with Crippen LogP contribution in [0.25, 0.3) is 0 Å². The molecule has 0 bridgehead atoms. The van der Waals surface area contributed by atoms with Crippen LogP contribution in [0.1, 0.15) is 37.3 Å². The van der Waals surface area contributed by atoms with Gasteiger partial charge in [0, 0.05) is 24.5 Å². The zero-order valence-corrected chi connectivity index (χ0v) is 18.6. The van der Waals surface area contributed by atoms with Crippen LogP contribution in [-0.4, -0.2) is 42.4 Å². The SMILES string of the molecule is CC1(c2cccc(C(F)(F)F)c2)NC(=O)N(CC(=O)Nc2ccc(N3CCCCC3)cc2)C1=O. The highest BCUT2D eigenvalue weighted by molar-refractivity contribution is 6.10. The largest absolute Gasteiger partial charge is 0.416 e. The summed E-state index contributed by atoms with van der Waals surface area (Å²) in [4.78, 5) is 40.9. The van der Waals surface area contributed by atoms with Crippen molar-refractivity contribution in [2.75, 3.05) is 29.9 Å². The first kappa shape index (κ1) is 23.6. The lowest BCUT2D eigenvalue weighted by atomic mass is 9.90. The van der Waals surface area contributed by atoms with E-state index in [1.807, 2.05) is 12.1 Å². The zero-order valence-electron chi connectivity index (χ0n) is 18.6. The number of urea groups is 1. The zero-order chi connectivity index (χ0) is 24.5. The fourth-order valence-electron chi connectivity index (χ4n) is 4.29. The second-order valence-electron chi connectivity index (χ2n) is 8.67. The molecule has 2 fully saturated rings. The highest BCUT2D eigenvalue weighted by atomic mass is 19.4. The molecule has 34 heavy (non-hydrogen) atoms. The van der Waals surface area contributed by atoms with Crippen molar-refractivity contribution in [1.82, 2.24) is 10.2 Å². The van der Waals surface area contributed by atoms with Gasteiger partial charge in [-0.15, -0.1) is 0 Å². The predicted octanol–water partition coefficient (Wildman–Crippen LogP) is 4.10. The van der Waals surface area contributed by atoms with Crippen molar-refractivity contribution in [1.29, 1.82) is 0 Å². The van der Waals surface area contributed by atoms with E-state index < -0.39 is 41.7 Å². The molecule has 0 aliphatic carbocycles. The van der Waals surface area contributed by atoms with E-state index in [2.05, 4.69) is 15.5 Å². The molecule has 0 radical (unpaired) electrons. The first-order valence-corrected chi connectivity index (χ1v) is 11.0. The van der Waals surface area contributed by atoms with Crippen molar-refractivity contribution in [3.05, 3.63) is 59.7 Å². The summed E-state index contributed by atoms with van der Waals surface area (Å²) in [6.07, 6.45) is -1.09. The molecule has 0 spiro atoms. The summed E-state index contributed by atoms with van der Waals surface area (Å²) in [7, 11) is 0. The Kier molecular flexibility index (Phi) is 6.24. The number of carbonyl (C=O) groups is 3. The molecule has 7 nitrogen and oxygen atoms in total. The molecule has 1 atom stereocenters. The van der Waals surface area contributed by atoms with Gasteiger partial charge >= 0.3 is 12.2 Å². The maximum absolute atomic E-state index is 13.1. The smallest absolute Gasteiger partial charge is 0.372 e. The van der Waals surface area contributed by atoms with Crippen LogP contribution in [0.5, 0.6) is 0 Å². The van der Waals surface area contributed by atoms with Crippen molar-refractivity contribution >= 4 is 29.2 Å². The number of benzene rings is 2. The van der Waals surface area contributed by atoms with E-state index in [0.29, 0.717) is 10.6 Å². The van der Waals surface area contributed by atoms with Gasteiger partial charge in [-0.3, -0.25) is 14.5 Å². The van der Waals surface area contributed by atoms with Crippen LogP contribution in [0.2, 0.25) is 0 Å². The Bertz CT molecular complexity index is 1100. The van der Waals surface area contributed by atoms with Gasteiger partial charge in [-0.2, -0.15) is 13.2 Å². The van der Waals surface area contributed by atoms with Crippen LogP contribution < -0.4 is 15.5 Å². The average molecular weight is 474 g/mol. The molecule has 4 rings (SSSR count). The molecule has 2 N–H and O–H groups in total. The number of hydrogen-bond acceptors (Lipinski definition) is 4. The molecule has 0 saturated carbocycles. The van der Waals surface area contributed by atoms with Gasteiger partial charge in [0.15, 0.2) is 0 Å². The number of anilines is 2. The van der Waals surface area contributed by atoms with E-state index in [1.165, 1.54) is 25.5 Å². The lowest BCUT2D eigenvalue weighted by Gasteiger charge is -2.28. The normalized spacial score (nSPS) is 20.9. The van der Waals surface area contributed by atoms with Gasteiger partial charge in [0.1, 0.15) is 12.1 Å². The monoisotopic (exact) mass is 474 g/mol. The third-order valence-corrected chi connectivity index (χ3v) is 6.22. The van der Waals surface area contributed by atoms with Crippen LogP contribution in [-0.2, 0) is 21.3 Å². The van der Waals surface area contributed by atoms with E-state index in [4.69, 9.17) is 0 Å². The minimum Gasteiger partial charge on any atom is -0.372 e. The summed E-state index contributed by atoms with van der Waals surface area (Å²) in [5.74, 6) is -1.39. The van der Waals surface area contributed by atoms with Crippen molar-refractivity contribution in [2.24, 2.45) is 0 Å². The van der Waals surface area contributed by atoms with Crippen molar-refractivity contribution in [3.63, 3.8) is 0 Å². The Balaban J connectivity index is 1.42. The third kappa shape index (κ3) is 4.71. The molecule has 2 aliphatic rings. The number of imide groups is 1. The molecular formula is C24H25F3N4O3. The predicted molar refractivity (Wildman–Crippen MR) is 120 cm³/mol. The summed E-state index contributed by atoms with van der Waals surface area (Å²) in [6.45, 7) is 2.73. The summed E-state index contributed by atoms with van der Waals surface area (Å²) < 4.78 is 39.3. The molecular weight excluding hydrogens is 449 g/mol. The number of nitrogens with zero attached hydrogens (tertiary/aromatic N) is 2. The van der Waals surface area contributed by atoms with Crippen molar-refractivity contribution in [3.8, 4) is 0 Å². The third-order valence-electron chi connectivity index (χ3n) is 6.22. The van der Waals surface area contributed by atoms with Crippen molar-refractivity contribution in [2.45, 2.75) is 37.9 Å². The molecule has 0 aromatic heterocycles. The Morgan fingerprint density at radius 2 is 1.74 bits per heavy atom. The minimum atomic E-state index is -4.60. The topological polar surface area (TPSA) is 81.8 Å². The molecule has 2 saturated heterocycles. The number of halogens is 3. The van der Waals surface area contributed by atoms with Crippen LogP contribution >= 0.6 is 0 Å². The number of amides is 4. The maximum Gasteiger partial charge on any atom is 0.416 e. The van der Waals surface area contributed by atoms with E-state index in [-0.39, 0.29) is 5.56 Å². The quantitative estimate of drug-likeness (QED) is 0.640. The highest BCUT2D eigenvalue weighted by Crippen LogP contribution is 2.34. The standard InChI is InChI=1S/C24H25F3N4O3/c1-23(16-6-5-7-17(14-16)24(25,26)27)21(33)31(22(34)29-23)15-20(32)28-18-8-10-19(11-9-18)30-12-3-2-4-13-30/h5-11,14H,2-4,12-13,15H2,1H3,(H,28,32)(H,29,34). The van der Waals surface area contributed by atoms with Gasteiger partial charge < -0.3 is 15.5 Å². The first-order valence-electron chi connectivity index (χ1n) is 11.0. The molecule has 2 aromatic rings. The van der Waals surface area contributed by atoms with E-state index in [0.717, 1.165) is 43.8 Å². The average Bonchev–Trinajstić information content (AvgIpc) is 3.03. The van der Waals surface area contributed by atoms with Gasteiger partial charge in [-0.1, -0.05) is 12.1 Å². The molecule has 2 heterocycles. The molecule has 10 heteroatoms. The summed E-state index contributed by atoms with van der Waals surface area (Å²) in [5, 5.41) is 5.08. The summed E-state index contributed by atoms with van der Waals surface area (Å²) in [5.41, 5.74) is -1.09. The van der Waals surface area contributed by atoms with Gasteiger partial charge in [0.25, 0.3) is 5.91 Å². The first-order chi connectivity index (χ1) is 16.1. The Morgan fingerprint density at radius 3 is 2.38 bits per heavy atom. The van der Waals surface area contributed by atoms with Gasteiger partial charge in [0.2, 0.25) is 5.91 Å². The Labute approximate surface area is 194 Å². The van der Waals surface area contributed by atoms with E-state index >= 15 is 0 Å². The molecule has 180 valence electrons. The number of alkyl halides is 3. The Hall–Kier alpha value is -3.56. The second-order valence-corrected chi connectivity index (χ2v) is 8.67. The van der Waals surface area contributed by atoms with Gasteiger partial charge in [-0.25, -0.2) is 4.79 Å². The van der Waals surface area contributed by atoms with E-state index in [1.54, 1.807) is 12.1 Å². The number of hydrogen-bond donors (Lipinski definition) is 2. The molecule has 4 amide bonds. The number of carbonyl (C=O) groups excluding carboxylic acids is 3. The molecule has 2 aliphatic heterocycles. The van der Waals surface area contributed by atoms with Gasteiger partial charge in [0.05, 0.1) is 5.56 Å². The minimum absolute atomic E-state index is 0.0168. The number of nitrogens with one attached hydrogen (secondary N) is 2. The lowest BCUT2D eigenvalue weighted by molar-refractivity contribution is -0.138. The van der Waals surface area contributed by atoms with Crippen LogP contribution in [0.4, 0.5) is 29.3 Å². The highest BCUT2D eigenvalue weighted by Gasteiger charge is 2.50. The van der Waals surface area contributed by atoms with Crippen molar-refractivity contribution < 1.29 is 27.6 Å². The summed E-state index contributed by atoms with van der Waals surface area (Å²) in [6, 6.07) is 10.7. The Morgan fingerprint density at radius 1 is 1.06 bits per heavy atom.